The second-order valence-electron chi connectivity index (χ2n) is 8.75. The van der Waals surface area contributed by atoms with Crippen molar-refractivity contribution in [3.8, 4) is 0 Å². The molecule has 1 saturated heterocycles. The van der Waals surface area contributed by atoms with Gasteiger partial charge in [0.05, 0.1) is 18.8 Å². The van der Waals surface area contributed by atoms with E-state index in [2.05, 4.69) is 23.7 Å². The van der Waals surface area contributed by atoms with Crippen LogP contribution in [0.4, 0.5) is 0 Å². The molecule has 1 amide bonds. The highest BCUT2D eigenvalue weighted by Gasteiger charge is 2.38. The molecule has 0 aliphatic carbocycles. The van der Waals surface area contributed by atoms with Crippen LogP contribution in [-0.2, 0) is 27.4 Å². The molecule has 1 heterocycles. The summed E-state index contributed by atoms with van der Waals surface area (Å²) in [6, 6.07) is 15.4. The van der Waals surface area contributed by atoms with Gasteiger partial charge >= 0.3 is 0 Å². The molecule has 6 nitrogen and oxygen atoms in total. The first-order valence-corrected chi connectivity index (χ1v) is 12.5. The maximum absolute atomic E-state index is 11.8. The summed E-state index contributed by atoms with van der Waals surface area (Å²) in [7, 11) is 2.04. The van der Waals surface area contributed by atoms with Gasteiger partial charge in [-0.2, -0.15) is 0 Å². The smallest absolute Gasteiger partial charge is 0.272 e. The Morgan fingerprint density at radius 1 is 1.09 bits per heavy atom. The number of halogens is 3. The first-order chi connectivity index (χ1) is 16.6. The molecule has 0 bridgehead atoms. The first-order valence-electron chi connectivity index (χ1n) is 11.4. The summed E-state index contributed by atoms with van der Waals surface area (Å²) in [4.78, 5) is 14.0. The van der Waals surface area contributed by atoms with Gasteiger partial charge in [-0.05, 0) is 23.7 Å². The van der Waals surface area contributed by atoms with E-state index in [0.29, 0.717) is 0 Å². The molecule has 1 aliphatic rings. The van der Waals surface area contributed by atoms with Crippen LogP contribution in [0.15, 0.2) is 61.2 Å². The highest BCUT2D eigenvalue weighted by molar-refractivity contribution is 6.76. The summed E-state index contributed by atoms with van der Waals surface area (Å²) in [6.07, 6.45) is 1.03. The van der Waals surface area contributed by atoms with Crippen molar-refractivity contribution in [1.29, 1.82) is 0 Å². The first kappa shape index (κ1) is 27.9. The maximum atomic E-state index is 11.8. The van der Waals surface area contributed by atoms with E-state index in [1.54, 1.807) is 0 Å². The average Bonchev–Trinajstić information content (AvgIpc) is 2.83. The van der Waals surface area contributed by atoms with Crippen molar-refractivity contribution in [3.63, 3.8) is 0 Å². The van der Waals surface area contributed by atoms with Gasteiger partial charge in [0.25, 0.3) is 9.70 Å². The molecule has 1 aliphatic heterocycles. The fraction of sp³-hybridized carbons (Fsp3) is 0.423. The van der Waals surface area contributed by atoms with E-state index in [1.165, 1.54) is 0 Å². The topological polar surface area (TPSA) is 71.0 Å². The predicted molar refractivity (Wildman–Crippen MR) is 139 cm³/mol. The van der Waals surface area contributed by atoms with Crippen LogP contribution in [0.5, 0.6) is 0 Å². The molecule has 2 N–H and O–H groups in total. The minimum absolute atomic E-state index is 0.00344. The van der Waals surface area contributed by atoms with Gasteiger partial charge in [0.2, 0.25) is 0 Å². The Morgan fingerprint density at radius 3 is 2.26 bits per heavy atom. The third-order valence-corrected chi connectivity index (χ3v) is 6.53. The lowest BCUT2D eigenvalue weighted by Crippen LogP contribution is -2.43. The van der Waals surface area contributed by atoms with Crippen molar-refractivity contribution in [1.82, 2.24) is 10.2 Å². The van der Waals surface area contributed by atoms with E-state index in [1.807, 2.05) is 61.7 Å². The Balaban J connectivity index is 1.78. The fourth-order valence-electron chi connectivity index (χ4n) is 4.01. The van der Waals surface area contributed by atoms with Gasteiger partial charge < -0.3 is 24.8 Å². The van der Waals surface area contributed by atoms with Crippen LogP contribution in [-0.4, -0.2) is 45.9 Å². The number of hydrogen-bond acceptors (Lipinski definition) is 5. The number of alkyl halides is 3. The Hall–Kier alpha value is -1.64. The highest BCUT2D eigenvalue weighted by atomic mass is 35.6. The summed E-state index contributed by atoms with van der Waals surface area (Å²) < 4.78 is 10.9. The van der Waals surface area contributed by atoms with E-state index in [0.717, 1.165) is 35.3 Å². The zero-order valence-corrected chi connectivity index (χ0v) is 22.1. The van der Waals surface area contributed by atoms with Crippen molar-refractivity contribution >= 4 is 40.7 Å². The molecular weight excluding hydrogens is 511 g/mol. The molecule has 0 aromatic heterocycles. The number of rotatable bonds is 9. The van der Waals surface area contributed by atoms with Crippen LogP contribution >= 0.6 is 34.8 Å². The second-order valence-corrected chi connectivity index (χ2v) is 11.0. The minimum Gasteiger partial charge on any atom is -0.392 e. The lowest BCUT2D eigenvalue weighted by molar-refractivity contribution is -0.275. The van der Waals surface area contributed by atoms with Gasteiger partial charge in [0, 0.05) is 31.1 Å². The Labute approximate surface area is 221 Å². The molecule has 0 spiro atoms. The number of benzene rings is 2. The number of amides is 1. The van der Waals surface area contributed by atoms with Crippen molar-refractivity contribution in [2.45, 2.75) is 42.4 Å². The third-order valence-electron chi connectivity index (χ3n) is 6.02. The van der Waals surface area contributed by atoms with Crippen LogP contribution in [0.3, 0.4) is 0 Å². The van der Waals surface area contributed by atoms with Gasteiger partial charge in [-0.15, -0.1) is 6.58 Å². The number of aliphatic hydroxyl groups excluding tert-OH is 1. The number of carbonyl (C=O) groups excluding carboxylic acids is 1. The monoisotopic (exact) mass is 540 g/mol. The lowest BCUT2D eigenvalue weighted by Gasteiger charge is -2.42. The Bertz CT molecular complexity index is 980. The quantitative estimate of drug-likeness (QED) is 0.342. The van der Waals surface area contributed by atoms with Crippen LogP contribution in [0.1, 0.15) is 41.6 Å². The number of aliphatic hydroxyl groups is 1. The normalized spacial score (nSPS) is 22.7. The van der Waals surface area contributed by atoms with Crippen molar-refractivity contribution in [3.05, 3.63) is 83.4 Å². The molecule has 4 atom stereocenters. The average molecular weight is 542 g/mol. The number of carbonyl (C=O) groups is 1. The highest BCUT2D eigenvalue weighted by Crippen LogP contribution is 2.41. The molecule has 2 aromatic rings. The summed E-state index contributed by atoms with van der Waals surface area (Å²) >= 11 is 16.8. The predicted octanol–water partition coefficient (Wildman–Crippen LogP) is 5.07. The molecule has 0 unspecified atom stereocenters. The summed E-state index contributed by atoms with van der Waals surface area (Å²) in [5.74, 6) is -0.587. The van der Waals surface area contributed by atoms with E-state index in [4.69, 9.17) is 44.3 Å². The number of likely N-dealkylation sites (N-methyl/N-ethyl adjacent to an activating group) is 1. The van der Waals surface area contributed by atoms with Gasteiger partial charge in [0.15, 0.2) is 6.29 Å². The van der Waals surface area contributed by atoms with Crippen LogP contribution < -0.4 is 5.32 Å². The number of nitrogens with zero attached hydrogens (tertiary/aromatic N) is 1. The van der Waals surface area contributed by atoms with Gasteiger partial charge in [-0.1, -0.05) is 96.3 Å². The van der Waals surface area contributed by atoms with Crippen LogP contribution in [0.2, 0.25) is 0 Å². The third kappa shape index (κ3) is 7.67. The van der Waals surface area contributed by atoms with Gasteiger partial charge in [-0.25, -0.2) is 0 Å². The van der Waals surface area contributed by atoms with Crippen LogP contribution in [0.25, 0.3) is 0 Å². The molecule has 2 aromatic carbocycles. The molecule has 190 valence electrons. The molecule has 0 radical (unpaired) electrons. The molecule has 35 heavy (non-hydrogen) atoms. The van der Waals surface area contributed by atoms with E-state index in [-0.39, 0.29) is 31.3 Å². The van der Waals surface area contributed by atoms with Gasteiger partial charge in [0.1, 0.15) is 0 Å². The zero-order chi connectivity index (χ0) is 25.6. The van der Waals surface area contributed by atoms with Crippen molar-refractivity contribution in [2.75, 3.05) is 20.1 Å². The summed E-state index contributed by atoms with van der Waals surface area (Å²) in [5, 5.41) is 12.0. The summed E-state index contributed by atoms with van der Waals surface area (Å²) in [5.41, 5.74) is 3.59. The number of hydrogen-bond donors (Lipinski definition) is 2. The molecule has 3 rings (SSSR count). The minimum atomic E-state index is -2.00. The largest absolute Gasteiger partial charge is 0.392 e. The standard InChI is InChI=1S/C26H31Cl3N2O4/c1-4-13-31(3)15-22-17(2)23(20-9-7-19(16-32)8-10-20)35-24(34-22)21-11-5-18(6-12-21)14-30-25(33)26(27,28)29/h4-12,17,22-24,32H,1,13-16H2,2-3H3,(H,30,33)/t17-,22+,23+,24+/m0/s1. The second kappa shape index (κ2) is 12.5. The Morgan fingerprint density at radius 2 is 1.69 bits per heavy atom. The van der Waals surface area contributed by atoms with Gasteiger partial charge in [-0.3, -0.25) is 4.79 Å². The molecule has 9 heteroatoms. The number of ether oxygens (including phenoxy) is 2. The fourth-order valence-corrected chi connectivity index (χ4v) is 4.21. The molecular formula is C26H31Cl3N2O4. The van der Waals surface area contributed by atoms with Crippen molar-refractivity contribution < 1.29 is 19.4 Å². The molecule has 1 fully saturated rings. The SMILES string of the molecule is C=CCN(C)C[C@H]1O[C@@H](c2ccc(CNC(=O)C(Cl)(Cl)Cl)cc2)O[C@@H](c2ccc(CO)cc2)[C@H]1C. The Kier molecular flexibility index (Phi) is 10.0. The maximum Gasteiger partial charge on any atom is 0.272 e. The van der Waals surface area contributed by atoms with E-state index >= 15 is 0 Å². The molecule has 0 saturated carbocycles. The van der Waals surface area contributed by atoms with Crippen LogP contribution in [0, 0.1) is 5.92 Å². The van der Waals surface area contributed by atoms with Crippen molar-refractivity contribution in [2.24, 2.45) is 5.92 Å². The summed E-state index contributed by atoms with van der Waals surface area (Å²) in [6.45, 7) is 7.65. The lowest BCUT2D eigenvalue weighted by atomic mass is 9.90. The van der Waals surface area contributed by atoms with E-state index in [9.17, 15) is 9.90 Å². The number of nitrogens with one attached hydrogen (secondary N) is 1. The van der Waals surface area contributed by atoms with E-state index < -0.39 is 16.0 Å². The zero-order valence-electron chi connectivity index (χ0n) is 19.8.